The number of carbonyl (C=O) groups excluding carboxylic acids is 4. The Labute approximate surface area is 250 Å². The van der Waals surface area contributed by atoms with E-state index in [-0.39, 0.29) is 24.3 Å². The second-order valence-corrected chi connectivity index (χ2v) is 12.0. The maximum atomic E-state index is 13.6. The molecule has 0 radical (unpaired) electrons. The van der Waals surface area contributed by atoms with Gasteiger partial charge in [-0.2, -0.15) is 16.4 Å². The largest absolute Gasteiger partial charge is 0.445 e. The summed E-state index contributed by atoms with van der Waals surface area (Å²) in [5, 5.41) is 10.6. The molecule has 0 bridgehead atoms. The number of hydroxylamine groups is 2. The van der Waals surface area contributed by atoms with Crippen molar-refractivity contribution in [3.05, 3.63) is 58.3 Å². The summed E-state index contributed by atoms with van der Waals surface area (Å²) >= 11 is 1.58. The second-order valence-electron chi connectivity index (χ2n) is 11.2. The third-order valence-corrected chi connectivity index (χ3v) is 8.00. The van der Waals surface area contributed by atoms with Gasteiger partial charge in [0.2, 0.25) is 11.8 Å². The van der Waals surface area contributed by atoms with Crippen LogP contribution >= 0.6 is 11.3 Å². The molecule has 1 aromatic heterocycles. The van der Waals surface area contributed by atoms with Crippen LogP contribution in [0.4, 0.5) is 4.79 Å². The summed E-state index contributed by atoms with van der Waals surface area (Å²) < 4.78 is 5.32. The van der Waals surface area contributed by atoms with Crippen molar-refractivity contribution in [2.75, 3.05) is 6.54 Å². The number of nitrogens with one attached hydrogen (secondary N) is 2. The molecular formula is C30H39N5O6S. The molecular weight excluding hydrogens is 558 g/mol. The molecule has 11 nitrogen and oxygen atoms in total. The minimum Gasteiger partial charge on any atom is -0.445 e. The Morgan fingerprint density at radius 3 is 2.38 bits per heavy atom. The van der Waals surface area contributed by atoms with Crippen LogP contribution in [0.5, 0.6) is 0 Å². The van der Waals surface area contributed by atoms with E-state index >= 15 is 0 Å². The van der Waals surface area contributed by atoms with Crippen LogP contribution in [0.2, 0.25) is 0 Å². The van der Waals surface area contributed by atoms with E-state index in [1.165, 1.54) is 11.2 Å². The molecule has 2 aliphatic rings. The van der Waals surface area contributed by atoms with Gasteiger partial charge in [-0.3, -0.25) is 14.4 Å². The second kappa shape index (κ2) is 14.4. The lowest BCUT2D eigenvalue weighted by Gasteiger charge is -2.32. The smallest absolute Gasteiger partial charge is 0.408 e. The summed E-state index contributed by atoms with van der Waals surface area (Å²) in [6, 6.07) is 8.70. The number of likely N-dealkylation sites (tertiary alicyclic amines) is 1. The molecule has 2 aliphatic heterocycles. The van der Waals surface area contributed by atoms with Gasteiger partial charge in [-0.25, -0.2) is 14.6 Å². The number of nitrogens with zero attached hydrogens (tertiary/aromatic N) is 3. The van der Waals surface area contributed by atoms with Gasteiger partial charge in [-0.1, -0.05) is 58.0 Å². The van der Waals surface area contributed by atoms with Crippen LogP contribution in [0.25, 0.3) is 0 Å². The average molecular weight is 598 g/mol. The lowest BCUT2D eigenvalue weighted by Crippen LogP contribution is -2.58. The predicted octanol–water partition coefficient (Wildman–Crippen LogP) is 3.50. The summed E-state index contributed by atoms with van der Waals surface area (Å²) in [4.78, 5) is 64.5. The van der Waals surface area contributed by atoms with Gasteiger partial charge in [0.05, 0.1) is 0 Å². The van der Waals surface area contributed by atoms with Gasteiger partial charge in [-0.15, -0.1) is 0 Å². The summed E-state index contributed by atoms with van der Waals surface area (Å²) in [5.41, 5.74) is 1.89. The van der Waals surface area contributed by atoms with E-state index in [9.17, 15) is 19.2 Å². The monoisotopic (exact) mass is 597 g/mol. The molecule has 12 heteroatoms. The van der Waals surface area contributed by atoms with E-state index in [1.54, 1.807) is 11.3 Å². The maximum Gasteiger partial charge on any atom is 0.408 e. The predicted molar refractivity (Wildman–Crippen MR) is 158 cm³/mol. The number of ether oxygens (including phenoxy) is 1. The van der Waals surface area contributed by atoms with Crippen LogP contribution in [-0.4, -0.2) is 71.0 Å². The number of benzene rings is 1. The van der Waals surface area contributed by atoms with E-state index < -0.39 is 42.3 Å². The molecule has 4 rings (SSSR count). The summed E-state index contributed by atoms with van der Waals surface area (Å²) in [7, 11) is 0. The molecule has 0 saturated carbocycles. The standard InChI is InChI=1S/C30H39N5O6S/c1-19(2)25(33-30(39)40-16-21-9-6-5-7-10-21)28(37)34-13-8-11-23(34)27(36)32-26(20(3)4)29(38)35-18-31-24(41-35)15-22-12-14-42-17-22/h5-7,9-10,12,14,17-20,23-26H,8,11,13,15-16H2,1-4H3,(H,32,36)(H,33,39)/t23-,24?,25-,26?/m0/s1. The molecule has 2 unspecified atom stereocenters. The highest BCUT2D eigenvalue weighted by Gasteiger charge is 2.41. The molecule has 0 aliphatic carbocycles. The first-order valence-corrected chi connectivity index (χ1v) is 15.2. The van der Waals surface area contributed by atoms with Crippen LogP contribution in [0, 0.1) is 11.8 Å². The molecule has 0 spiro atoms. The van der Waals surface area contributed by atoms with Gasteiger partial charge in [-0.05, 0) is 52.6 Å². The third kappa shape index (κ3) is 7.95. The first-order valence-electron chi connectivity index (χ1n) is 14.3. The lowest BCUT2D eigenvalue weighted by molar-refractivity contribution is -0.171. The summed E-state index contributed by atoms with van der Waals surface area (Å²) in [5.74, 6) is -1.71. The number of aliphatic imine (C=N–C) groups is 1. The van der Waals surface area contributed by atoms with E-state index in [2.05, 4.69) is 15.6 Å². The van der Waals surface area contributed by atoms with Gasteiger partial charge in [0.15, 0.2) is 6.23 Å². The van der Waals surface area contributed by atoms with E-state index in [1.807, 2.05) is 74.9 Å². The third-order valence-electron chi connectivity index (χ3n) is 7.27. The Kier molecular flexibility index (Phi) is 10.7. The molecule has 1 saturated heterocycles. The van der Waals surface area contributed by atoms with E-state index in [4.69, 9.17) is 9.57 Å². The van der Waals surface area contributed by atoms with Crippen molar-refractivity contribution in [1.82, 2.24) is 20.6 Å². The molecule has 2 aromatic rings. The van der Waals surface area contributed by atoms with Crippen molar-refractivity contribution < 1.29 is 28.8 Å². The van der Waals surface area contributed by atoms with E-state index in [0.717, 1.165) is 16.2 Å². The number of hydrogen-bond acceptors (Lipinski definition) is 8. The van der Waals surface area contributed by atoms with Crippen molar-refractivity contribution in [2.24, 2.45) is 16.8 Å². The Hall–Kier alpha value is -3.77. The molecule has 2 N–H and O–H groups in total. The highest BCUT2D eigenvalue weighted by atomic mass is 32.1. The number of alkyl carbamates (subject to hydrolysis) is 1. The molecule has 4 amide bonds. The van der Waals surface area contributed by atoms with Crippen LogP contribution in [-0.2, 0) is 37.0 Å². The number of carbonyl (C=O) groups is 4. The lowest BCUT2D eigenvalue weighted by atomic mass is 10.0. The van der Waals surface area contributed by atoms with Crippen molar-refractivity contribution in [1.29, 1.82) is 0 Å². The topological polar surface area (TPSA) is 130 Å². The minimum atomic E-state index is -0.881. The van der Waals surface area contributed by atoms with Crippen molar-refractivity contribution in [2.45, 2.75) is 77.9 Å². The van der Waals surface area contributed by atoms with Gasteiger partial charge in [0, 0.05) is 13.0 Å². The quantitative estimate of drug-likeness (QED) is 0.408. The normalized spacial score (nSPS) is 19.7. The highest BCUT2D eigenvalue weighted by Crippen LogP contribution is 2.22. The molecule has 1 fully saturated rings. The fourth-order valence-electron chi connectivity index (χ4n) is 4.92. The van der Waals surface area contributed by atoms with Crippen LogP contribution in [0.3, 0.4) is 0 Å². The number of amides is 4. The Morgan fingerprint density at radius 2 is 1.71 bits per heavy atom. The summed E-state index contributed by atoms with van der Waals surface area (Å²) in [6.07, 6.45) is 1.73. The molecule has 226 valence electrons. The zero-order chi connectivity index (χ0) is 30.2. The molecule has 4 atom stereocenters. The van der Waals surface area contributed by atoms with Crippen molar-refractivity contribution >= 4 is 41.5 Å². The number of hydrogen-bond donors (Lipinski definition) is 2. The highest BCUT2D eigenvalue weighted by molar-refractivity contribution is 7.07. The Morgan fingerprint density at radius 1 is 1.00 bits per heavy atom. The van der Waals surface area contributed by atoms with Gasteiger partial charge >= 0.3 is 6.09 Å². The van der Waals surface area contributed by atoms with Gasteiger partial charge < -0.3 is 20.3 Å². The SMILES string of the molecule is CC(C)C(NC(=O)[C@@H]1CCCN1C(=O)[C@@H](NC(=O)OCc1ccccc1)C(C)C)C(=O)N1C=NC(Cc2ccsc2)O1. The molecule has 1 aromatic carbocycles. The fourth-order valence-corrected chi connectivity index (χ4v) is 5.60. The first-order chi connectivity index (χ1) is 20.1. The van der Waals surface area contributed by atoms with Gasteiger partial charge in [0.25, 0.3) is 5.91 Å². The molecule has 42 heavy (non-hydrogen) atoms. The van der Waals surface area contributed by atoms with Crippen LogP contribution in [0.1, 0.15) is 51.7 Å². The number of thiophene rings is 1. The Balaban J connectivity index is 1.35. The Bertz CT molecular complexity index is 1250. The first kappa shape index (κ1) is 31.2. The zero-order valence-electron chi connectivity index (χ0n) is 24.4. The van der Waals surface area contributed by atoms with Crippen molar-refractivity contribution in [3.8, 4) is 0 Å². The fraction of sp³-hybridized carbons (Fsp3) is 0.500. The van der Waals surface area contributed by atoms with Crippen LogP contribution in [0.15, 0.2) is 52.2 Å². The number of rotatable bonds is 11. The average Bonchev–Trinajstić information content (AvgIpc) is 3.76. The van der Waals surface area contributed by atoms with E-state index in [0.29, 0.717) is 25.8 Å². The van der Waals surface area contributed by atoms with Crippen molar-refractivity contribution in [3.63, 3.8) is 0 Å². The maximum absolute atomic E-state index is 13.6. The minimum absolute atomic E-state index is 0.0746. The van der Waals surface area contributed by atoms with Gasteiger partial charge in [0.1, 0.15) is 31.1 Å². The zero-order valence-corrected chi connectivity index (χ0v) is 25.2. The van der Waals surface area contributed by atoms with Crippen LogP contribution < -0.4 is 10.6 Å². The summed E-state index contributed by atoms with van der Waals surface area (Å²) in [6.45, 7) is 7.74. The molecule has 3 heterocycles.